The lowest BCUT2D eigenvalue weighted by Gasteiger charge is -2.38. The molecule has 0 saturated heterocycles. The summed E-state index contributed by atoms with van der Waals surface area (Å²) in [7, 11) is -3.39. The van der Waals surface area contributed by atoms with Crippen molar-refractivity contribution in [2.75, 3.05) is 22.4 Å². The highest BCUT2D eigenvalue weighted by Gasteiger charge is 2.53. The Morgan fingerprint density at radius 3 is 2.44 bits per heavy atom. The van der Waals surface area contributed by atoms with Gasteiger partial charge in [0.15, 0.2) is 0 Å². The Morgan fingerprint density at radius 1 is 1.08 bits per heavy atom. The lowest BCUT2D eigenvalue weighted by molar-refractivity contribution is 0.0979. The maximum absolute atomic E-state index is 13.9. The molecule has 3 aliphatic carbocycles. The molecule has 7 heteroatoms. The van der Waals surface area contributed by atoms with Crippen LogP contribution in [0.4, 0.5) is 11.4 Å². The van der Waals surface area contributed by atoms with Gasteiger partial charge >= 0.3 is 0 Å². The fourth-order valence-electron chi connectivity index (χ4n) is 6.71. The molecule has 0 radical (unpaired) electrons. The van der Waals surface area contributed by atoms with E-state index in [1.54, 1.807) is 6.07 Å². The van der Waals surface area contributed by atoms with Gasteiger partial charge in [0, 0.05) is 28.9 Å². The average Bonchev–Trinajstić information content (AvgIpc) is 3.52. The summed E-state index contributed by atoms with van der Waals surface area (Å²) >= 11 is 0. The third-order valence-corrected chi connectivity index (χ3v) is 10.00. The Kier molecular flexibility index (Phi) is 5.72. The topological polar surface area (TPSA) is 86.7 Å². The van der Waals surface area contributed by atoms with E-state index in [-0.39, 0.29) is 11.3 Å². The molecule has 4 aliphatic rings. The molecule has 2 spiro atoms. The van der Waals surface area contributed by atoms with Gasteiger partial charge in [0.2, 0.25) is 10.0 Å². The number of sulfonamides is 1. The summed E-state index contributed by atoms with van der Waals surface area (Å²) in [5.41, 5.74) is 4.29. The molecular formula is C29H36N2O4S. The van der Waals surface area contributed by atoms with Crippen LogP contribution in [0.2, 0.25) is 0 Å². The summed E-state index contributed by atoms with van der Waals surface area (Å²) < 4.78 is 26.4. The molecule has 3 saturated carbocycles. The van der Waals surface area contributed by atoms with Gasteiger partial charge in [-0.2, -0.15) is 0 Å². The van der Waals surface area contributed by atoms with E-state index < -0.39 is 16.1 Å². The van der Waals surface area contributed by atoms with Crippen molar-refractivity contribution in [3.8, 4) is 0 Å². The molecule has 1 aliphatic heterocycles. The number of carbonyl (C=O) groups excluding carboxylic acids is 1. The highest BCUT2D eigenvalue weighted by Crippen LogP contribution is 2.62. The summed E-state index contributed by atoms with van der Waals surface area (Å²) in [6.45, 7) is 0.619. The molecule has 3 fully saturated rings. The fourth-order valence-corrected chi connectivity index (χ4v) is 7.26. The zero-order chi connectivity index (χ0) is 25.1. The van der Waals surface area contributed by atoms with Crippen LogP contribution in [0.5, 0.6) is 0 Å². The number of aliphatic hydroxyl groups excluding tert-OH is 1. The molecule has 36 heavy (non-hydrogen) atoms. The number of rotatable bonds is 6. The molecule has 1 amide bonds. The smallest absolute Gasteiger partial charge is 0.258 e. The normalized spacial score (nSPS) is 22.8. The van der Waals surface area contributed by atoms with Crippen molar-refractivity contribution < 1.29 is 18.3 Å². The summed E-state index contributed by atoms with van der Waals surface area (Å²) in [5, 5.41) is 10.8. The van der Waals surface area contributed by atoms with Gasteiger partial charge in [0.1, 0.15) is 0 Å². The van der Waals surface area contributed by atoms with Crippen molar-refractivity contribution in [2.24, 2.45) is 11.3 Å². The quantitative estimate of drug-likeness (QED) is 0.537. The first-order chi connectivity index (χ1) is 17.2. The Hall–Kier alpha value is -2.38. The lowest BCUT2D eigenvalue weighted by Crippen LogP contribution is -2.40. The van der Waals surface area contributed by atoms with Crippen molar-refractivity contribution >= 4 is 27.3 Å². The van der Waals surface area contributed by atoms with Gasteiger partial charge in [-0.25, -0.2) is 8.42 Å². The van der Waals surface area contributed by atoms with Crippen LogP contribution in [0.25, 0.3) is 0 Å². The summed E-state index contributed by atoms with van der Waals surface area (Å²) in [4.78, 5) is 15.8. The van der Waals surface area contributed by atoms with E-state index in [1.807, 2.05) is 41.3 Å². The Balaban J connectivity index is 1.31. The number of aliphatic hydroxyl groups is 1. The lowest BCUT2D eigenvalue weighted by atomic mass is 9.66. The van der Waals surface area contributed by atoms with Gasteiger partial charge in [-0.3, -0.25) is 9.52 Å². The molecule has 1 atom stereocenters. The predicted molar refractivity (Wildman–Crippen MR) is 142 cm³/mol. The second-order valence-electron chi connectivity index (χ2n) is 12.0. The molecule has 0 aromatic heterocycles. The number of benzene rings is 2. The molecular weight excluding hydrogens is 472 g/mol. The molecule has 2 aromatic carbocycles. The number of carbonyl (C=O) groups is 1. The van der Waals surface area contributed by atoms with Gasteiger partial charge in [-0.1, -0.05) is 31.4 Å². The maximum atomic E-state index is 13.9. The number of anilines is 2. The minimum Gasteiger partial charge on any atom is -0.388 e. The highest BCUT2D eigenvalue weighted by molar-refractivity contribution is 7.92. The Bertz CT molecular complexity index is 1290. The van der Waals surface area contributed by atoms with Gasteiger partial charge < -0.3 is 10.0 Å². The molecule has 192 valence electrons. The highest BCUT2D eigenvalue weighted by atomic mass is 32.2. The van der Waals surface area contributed by atoms with E-state index in [1.165, 1.54) is 44.9 Å². The zero-order valence-corrected chi connectivity index (χ0v) is 21.8. The van der Waals surface area contributed by atoms with Crippen LogP contribution in [-0.4, -0.2) is 32.2 Å². The van der Waals surface area contributed by atoms with Gasteiger partial charge in [-0.15, -0.1) is 0 Å². The van der Waals surface area contributed by atoms with E-state index in [9.17, 15) is 18.3 Å². The predicted octanol–water partition coefficient (Wildman–Crippen LogP) is 5.53. The van der Waals surface area contributed by atoms with Gasteiger partial charge in [-0.05, 0) is 97.7 Å². The van der Waals surface area contributed by atoms with E-state index >= 15 is 0 Å². The third kappa shape index (κ3) is 4.45. The van der Waals surface area contributed by atoms with E-state index in [0.29, 0.717) is 29.1 Å². The average molecular weight is 509 g/mol. The summed E-state index contributed by atoms with van der Waals surface area (Å²) in [6.07, 6.45) is 12.0. The standard InChI is InChI=1S/C29H36N2O4S/c1-36(34,35)30-23-8-9-25-24(18-23)29(14-12-28(10-11-28)13-15-29)19-31(25)27(33)22-7-3-6-21(17-22)26(32)16-20-4-2-5-20/h3,6-9,17-18,20,26,30,32H,2,4-5,10-16,19H2,1H3/t26-/m0/s1. The first-order valence-electron chi connectivity index (χ1n) is 13.4. The number of hydrogen-bond donors (Lipinski definition) is 2. The van der Waals surface area contributed by atoms with Crippen LogP contribution in [0.1, 0.15) is 91.8 Å². The van der Waals surface area contributed by atoms with Crippen LogP contribution in [0.3, 0.4) is 0 Å². The Labute approximate surface area is 214 Å². The van der Waals surface area contributed by atoms with Crippen LogP contribution in [0.15, 0.2) is 42.5 Å². The van der Waals surface area contributed by atoms with Gasteiger partial charge in [0.05, 0.1) is 12.4 Å². The van der Waals surface area contributed by atoms with Crippen LogP contribution < -0.4 is 9.62 Å². The first-order valence-corrected chi connectivity index (χ1v) is 15.3. The van der Waals surface area contributed by atoms with E-state index in [4.69, 9.17) is 0 Å². The molecule has 0 unspecified atom stereocenters. The molecule has 2 N–H and O–H groups in total. The molecule has 6 nitrogen and oxygen atoms in total. The minimum atomic E-state index is -3.39. The maximum Gasteiger partial charge on any atom is 0.258 e. The largest absolute Gasteiger partial charge is 0.388 e. The molecule has 2 aromatic rings. The minimum absolute atomic E-state index is 0.0543. The van der Waals surface area contributed by atoms with Crippen molar-refractivity contribution in [2.45, 2.75) is 75.7 Å². The second-order valence-corrected chi connectivity index (χ2v) is 13.7. The second kappa shape index (κ2) is 8.59. The van der Waals surface area contributed by atoms with Crippen LogP contribution in [-0.2, 0) is 15.4 Å². The van der Waals surface area contributed by atoms with Crippen molar-refractivity contribution in [3.05, 3.63) is 59.2 Å². The monoisotopic (exact) mass is 508 g/mol. The van der Waals surface area contributed by atoms with Crippen molar-refractivity contribution in [1.82, 2.24) is 0 Å². The van der Waals surface area contributed by atoms with Crippen LogP contribution >= 0.6 is 0 Å². The first kappa shape index (κ1) is 24.0. The SMILES string of the molecule is CS(=O)(=O)Nc1ccc2c(c1)C1(CCC3(CC3)CC1)CN2C(=O)c1cccc([C@@H](O)CC2CCC2)c1. The Morgan fingerprint density at radius 2 is 1.81 bits per heavy atom. The molecule has 1 heterocycles. The van der Waals surface area contributed by atoms with Crippen molar-refractivity contribution in [1.29, 1.82) is 0 Å². The summed E-state index contributed by atoms with van der Waals surface area (Å²) in [6, 6.07) is 13.1. The number of nitrogens with one attached hydrogen (secondary N) is 1. The molecule has 0 bridgehead atoms. The summed E-state index contributed by atoms with van der Waals surface area (Å²) in [5.74, 6) is 0.529. The third-order valence-electron chi connectivity index (χ3n) is 9.39. The van der Waals surface area contributed by atoms with E-state index in [2.05, 4.69) is 4.72 Å². The van der Waals surface area contributed by atoms with Crippen molar-refractivity contribution in [3.63, 3.8) is 0 Å². The number of amides is 1. The fraction of sp³-hybridized carbons (Fsp3) is 0.552. The number of fused-ring (bicyclic) bond motifs is 2. The number of hydrogen-bond acceptors (Lipinski definition) is 4. The zero-order valence-electron chi connectivity index (χ0n) is 21.0. The van der Waals surface area contributed by atoms with E-state index in [0.717, 1.165) is 42.3 Å². The van der Waals surface area contributed by atoms with Gasteiger partial charge in [0.25, 0.3) is 5.91 Å². The molecule has 6 rings (SSSR count). The number of nitrogens with zero attached hydrogens (tertiary/aromatic N) is 1. The van der Waals surface area contributed by atoms with Crippen LogP contribution in [0, 0.1) is 11.3 Å².